The summed E-state index contributed by atoms with van der Waals surface area (Å²) < 4.78 is 5.23. The van der Waals surface area contributed by atoms with Crippen LogP contribution >= 0.6 is 11.6 Å². The number of hydrogen-bond acceptors (Lipinski definition) is 3. The average molecular weight is 341 g/mol. The van der Waals surface area contributed by atoms with Crippen molar-refractivity contribution < 1.29 is 14.3 Å². The molecule has 2 amide bonds. The highest BCUT2D eigenvalue weighted by Crippen LogP contribution is 2.31. The molecule has 128 valence electrons. The van der Waals surface area contributed by atoms with E-state index in [0.717, 1.165) is 12.8 Å². The molecule has 0 aliphatic rings. The maximum absolute atomic E-state index is 12.3. The zero-order valence-corrected chi connectivity index (χ0v) is 14.8. The van der Waals surface area contributed by atoms with Gasteiger partial charge in [0.05, 0.1) is 23.4 Å². The molecule has 1 aromatic carbocycles. The number of rotatable bonds is 9. The van der Waals surface area contributed by atoms with Gasteiger partial charge in [0.1, 0.15) is 5.75 Å². The largest absolute Gasteiger partial charge is 0.496 e. The molecule has 0 radical (unpaired) electrons. The molecular weight excluding hydrogens is 316 g/mol. The van der Waals surface area contributed by atoms with Crippen molar-refractivity contribution >= 4 is 29.1 Å². The molecule has 2 N–H and O–H groups in total. The number of carbonyl (C=O) groups is 2. The highest BCUT2D eigenvalue weighted by Gasteiger charge is 2.16. The second-order valence-corrected chi connectivity index (χ2v) is 5.79. The third kappa shape index (κ3) is 6.48. The molecule has 1 aromatic rings. The van der Waals surface area contributed by atoms with Gasteiger partial charge in [0, 0.05) is 19.5 Å². The van der Waals surface area contributed by atoms with Crippen LogP contribution in [-0.4, -0.2) is 25.5 Å². The van der Waals surface area contributed by atoms with Gasteiger partial charge in [0.2, 0.25) is 5.91 Å². The third-order valence-electron chi connectivity index (χ3n) is 3.41. The van der Waals surface area contributed by atoms with Gasteiger partial charge in [-0.3, -0.25) is 9.59 Å². The predicted molar refractivity (Wildman–Crippen MR) is 93.4 cm³/mol. The first-order valence-electron chi connectivity index (χ1n) is 7.92. The van der Waals surface area contributed by atoms with Crippen molar-refractivity contribution in [3.05, 3.63) is 22.7 Å². The van der Waals surface area contributed by atoms with Gasteiger partial charge in [-0.25, -0.2) is 0 Å². The molecule has 1 rings (SSSR count). The number of hydrogen-bond donors (Lipinski definition) is 2. The van der Waals surface area contributed by atoms with E-state index in [4.69, 9.17) is 16.3 Å². The average Bonchev–Trinajstić information content (AvgIpc) is 2.51. The number of halogens is 1. The van der Waals surface area contributed by atoms with Crippen molar-refractivity contribution in [1.82, 2.24) is 5.32 Å². The molecule has 0 bridgehead atoms. The molecule has 0 heterocycles. The van der Waals surface area contributed by atoms with E-state index in [0.29, 0.717) is 28.6 Å². The van der Waals surface area contributed by atoms with Crippen molar-refractivity contribution in [2.24, 2.45) is 0 Å². The summed E-state index contributed by atoms with van der Waals surface area (Å²) in [5.41, 5.74) is 0.785. The summed E-state index contributed by atoms with van der Waals surface area (Å²) >= 11 is 6.11. The van der Waals surface area contributed by atoms with Gasteiger partial charge < -0.3 is 15.4 Å². The Bertz CT molecular complexity index is 547. The zero-order chi connectivity index (χ0) is 17.2. The first kappa shape index (κ1) is 19.3. The van der Waals surface area contributed by atoms with E-state index in [1.807, 2.05) is 0 Å². The number of methoxy groups -OCH3 is 1. The van der Waals surface area contributed by atoms with E-state index in [-0.39, 0.29) is 11.8 Å². The molecule has 0 atom stereocenters. The Kier molecular flexibility index (Phi) is 8.48. The Labute approximate surface area is 142 Å². The minimum Gasteiger partial charge on any atom is -0.496 e. The lowest BCUT2D eigenvalue weighted by atomic mass is 10.1. The van der Waals surface area contributed by atoms with Gasteiger partial charge in [-0.1, -0.05) is 44.2 Å². The van der Waals surface area contributed by atoms with Crippen LogP contribution in [0.1, 0.15) is 56.3 Å². The summed E-state index contributed by atoms with van der Waals surface area (Å²) in [5, 5.41) is 5.78. The summed E-state index contributed by atoms with van der Waals surface area (Å²) in [6, 6.07) is 3.07. The Morgan fingerprint density at radius 1 is 1.17 bits per heavy atom. The first-order chi connectivity index (χ1) is 11.0. The molecule has 0 aliphatic heterocycles. The van der Waals surface area contributed by atoms with E-state index in [2.05, 4.69) is 17.6 Å². The lowest BCUT2D eigenvalue weighted by Gasteiger charge is -2.13. The highest BCUT2D eigenvalue weighted by molar-refractivity contribution is 6.34. The number of carbonyl (C=O) groups excluding carboxylic acids is 2. The molecule has 0 spiro atoms. The fourth-order valence-corrected chi connectivity index (χ4v) is 2.42. The quantitative estimate of drug-likeness (QED) is 0.667. The van der Waals surface area contributed by atoms with Gasteiger partial charge in [0.25, 0.3) is 5.91 Å². The van der Waals surface area contributed by atoms with Crippen LogP contribution in [0.5, 0.6) is 5.75 Å². The first-order valence-corrected chi connectivity index (χ1v) is 8.30. The van der Waals surface area contributed by atoms with Crippen LogP contribution in [0, 0.1) is 0 Å². The molecule has 6 heteroatoms. The molecule has 0 unspecified atom stereocenters. The van der Waals surface area contributed by atoms with Crippen LogP contribution in [0.15, 0.2) is 12.1 Å². The summed E-state index contributed by atoms with van der Waals surface area (Å²) in [6.07, 6.45) is 5.66. The minimum atomic E-state index is -0.238. The smallest absolute Gasteiger partial charge is 0.255 e. The van der Waals surface area contributed by atoms with Crippen LogP contribution in [0.3, 0.4) is 0 Å². The summed E-state index contributed by atoms with van der Waals surface area (Å²) in [5.74, 6) is -0.0894. The summed E-state index contributed by atoms with van der Waals surface area (Å²) in [7, 11) is 1.47. The topological polar surface area (TPSA) is 67.4 Å². The van der Waals surface area contributed by atoms with Gasteiger partial charge in [0.15, 0.2) is 0 Å². The van der Waals surface area contributed by atoms with Gasteiger partial charge >= 0.3 is 0 Å². The lowest BCUT2D eigenvalue weighted by Crippen LogP contribution is -2.25. The fraction of sp³-hybridized carbons (Fsp3) is 0.529. The maximum atomic E-state index is 12.3. The summed E-state index contributed by atoms with van der Waals surface area (Å²) in [4.78, 5) is 23.4. The van der Waals surface area contributed by atoms with E-state index in [9.17, 15) is 9.59 Å². The van der Waals surface area contributed by atoms with E-state index >= 15 is 0 Å². The molecule has 0 saturated carbocycles. The monoisotopic (exact) mass is 340 g/mol. The number of benzene rings is 1. The number of unbranched alkanes of at least 4 members (excludes halogenated alkanes) is 4. The van der Waals surface area contributed by atoms with Crippen LogP contribution in [0.25, 0.3) is 0 Å². The molecule has 0 saturated heterocycles. The fourth-order valence-electron chi connectivity index (χ4n) is 2.21. The number of ether oxygens (including phenoxy) is 1. The number of nitrogens with one attached hydrogen (secondary N) is 2. The number of amides is 2. The second-order valence-electron chi connectivity index (χ2n) is 5.38. The van der Waals surface area contributed by atoms with Crippen molar-refractivity contribution in [3.63, 3.8) is 0 Å². The molecular formula is C17H25ClN2O3. The van der Waals surface area contributed by atoms with E-state index in [1.165, 1.54) is 39.4 Å². The molecule has 23 heavy (non-hydrogen) atoms. The van der Waals surface area contributed by atoms with Crippen molar-refractivity contribution in [3.8, 4) is 5.75 Å². The summed E-state index contributed by atoms with van der Waals surface area (Å²) in [6.45, 7) is 4.18. The second kappa shape index (κ2) is 10.1. The SMILES string of the molecule is CCCCCCCNC(=O)c1cc(Cl)c(NC(C)=O)cc1OC. The Morgan fingerprint density at radius 3 is 2.48 bits per heavy atom. The minimum absolute atomic E-state index is 0.228. The van der Waals surface area contributed by atoms with Crippen molar-refractivity contribution in [2.75, 3.05) is 19.0 Å². The zero-order valence-electron chi connectivity index (χ0n) is 14.0. The molecule has 5 nitrogen and oxygen atoms in total. The Morgan fingerprint density at radius 2 is 1.87 bits per heavy atom. The van der Waals surface area contributed by atoms with E-state index < -0.39 is 0 Å². The predicted octanol–water partition coefficient (Wildman–Crippen LogP) is 4.01. The van der Waals surface area contributed by atoms with Crippen molar-refractivity contribution in [2.45, 2.75) is 46.0 Å². The maximum Gasteiger partial charge on any atom is 0.255 e. The third-order valence-corrected chi connectivity index (χ3v) is 3.72. The van der Waals surface area contributed by atoms with Gasteiger partial charge in [-0.05, 0) is 12.5 Å². The van der Waals surface area contributed by atoms with Crippen LogP contribution < -0.4 is 15.4 Å². The van der Waals surface area contributed by atoms with Crippen LogP contribution in [0.4, 0.5) is 5.69 Å². The highest BCUT2D eigenvalue weighted by atomic mass is 35.5. The van der Waals surface area contributed by atoms with Crippen molar-refractivity contribution in [1.29, 1.82) is 0 Å². The van der Waals surface area contributed by atoms with Gasteiger partial charge in [-0.15, -0.1) is 0 Å². The number of anilines is 1. The Balaban J connectivity index is 2.69. The van der Waals surface area contributed by atoms with E-state index in [1.54, 1.807) is 6.07 Å². The van der Waals surface area contributed by atoms with Crippen LogP contribution in [0.2, 0.25) is 5.02 Å². The molecule has 0 aromatic heterocycles. The normalized spacial score (nSPS) is 10.3. The standard InChI is InChI=1S/C17H25ClN2O3/c1-4-5-6-7-8-9-19-17(22)13-10-14(18)15(20-12(2)21)11-16(13)23-3/h10-11H,4-9H2,1-3H3,(H,19,22)(H,20,21). The lowest BCUT2D eigenvalue weighted by molar-refractivity contribution is -0.114. The Hall–Kier alpha value is -1.75. The molecule has 0 aliphatic carbocycles. The van der Waals surface area contributed by atoms with Gasteiger partial charge in [-0.2, -0.15) is 0 Å². The molecule has 0 fully saturated rings. The van der Waals surface area contributed by atoms with Crippen LogP contribution in [-0.2, 0) is 4.79 Å².